The van der Waals surface area contributed by atoms with Gasteiger partial charge in [-0.2, -0.15) is 0 Å². The van der Waals surface area contributed by atoms with E-state index in [1.54, 1.807) is 0 Å². The van der Waals surface area contributed by atoms with Crippen LogP contribution in [0.2, 0.25) is 0 Å². The smallest absolute Gasteiger partial charge is 0.179 e. The van der Waals surface area contributed by atoms with Crippen molar-refractivity contribution < 1.29 is 4.79 Å². The Morgan fingerprint density at radius 3 is 2.56 bits per heavy atom. The Hall–Kier alpha value is -1.67. The number of carbonyl (C=O) groups excluding carboxylic acids is 1. The molecule has 0 aliphatic heterocycles. The fourth-order valence-electron chi connectivity index (χ4n) is 2.37. The minimum Gasteiger partial charge on any atom is -0.321 e. The molecule has 1 atom stereocenters. The molecule has 1 unspecified atom stereocenters. The van der Waals surface area contributed by atoms with Crippen LogP contribution in [0.4, 0.5) is 0 Å². The molecule has 80 valence electrons. The number of hydrogen-bond donors (Lipinski definition) is 1. The molecular formula is C14H13NO. The molecule has 1 aliphatic rings. The van der Waals surface area contributed by atoms with Crippen molar-refractivity contribution in [3.8, 4) is 0 Å². The summed E-state index contributed by atoms with van der Waals surface area (Å²) in [7, 11) is 0. The summed E-state index contributed by atoms with van der Waals surface area (Å²) in [5, 5.41) is 2.31. The molecular weight excluding hydrogens is 198 g/mol. The second-order valence-electron chi connectivity index (χ2n) is 4.37. The average molecular weight is 211 g/mol. The van der Waals surface area contributed by atoms with Gasteiger partial charge >= 0.3 is 0 Å². The van der Waals surface area contributed by atoms with Crippen molar-refractivity contribution in [3.05, 3.63) is 47.5 Å². The summed E-state index contributed by atoms with van der Waals surface area (Å²) in [6.45, 7) is 0. The van der Waals surface area contributed by atoms with Crippen molar-refractivity contribution >= 4 is 16.6 Å². The standard InChI is InChI=1S/C14H13NO/c15-13-6-5-11-7-9-3-1-2-4-10(9)8-12(11)14(13)16/h1-4,7-8,13H,5-6,15H2. The largest absolute Gasteiger partial charge is 0.321 e. The highest BCUT2D eigenvalue weighted by Gasteiger charge is 2.24. The Morgan fingerprint density at radius 1 is 1.12 bits per heavy atom. The lowest BCUT2D eigenvalue weighted by molar-refractivity contribution is 0.0948. The van der Waals surface area contributed by atoms with Crippen LogP contribution in [0.3, 0.4) is 0 Å². The van der Waals surface area contributed by atoms with Gasteiger partial charge in [0.25, 0.3) is 0 Å². The van der Waals surface area contributed by atoms with Crippen LogP contribution in [-0.2, 0) is 6.42 Å². The van der Waals surface area contributed by atoms with Crippen LogP contribution in [0.25, 0.3) is 10.8 Å². The zero-order valence-electron chi connectivity index (χ0n) is 8.94. The maximum absolute atomic E-state index is 11.9. The van der Waals surface area contributed by atoms with Crippen molar-refractivity contribution in [1.29, 1.82) is 0 Å². The van der Waals surface area contributed by atoms with Crippen molar-refractivity contribution in [2.24, 2.45) is 5.73 Å². The number of fused-ring (bicyclic) bond motifs is 2. The molecule has 16 heavy (non-hydrogen) atoms. The van der Waals surface area contributed by atoms with E-state index in [4.69, 9.17) is 5.73 Å². The molecule has 0 radical (unpaired) electrons. The number of nitrogens with two attached hydrogens (primary N) is 1. The van der Waals surface area contributed by atoms with Gasteiger partial charge in [-0.25, -0.2) is 0 Å². The number of carbonyl (C=O) groups is 1. The van der Waals surface area contributed by atoms with Crippen LogP contribution >= 0.6 is 0 Å². The highest BCUT2D eigenvalue weighted by molar-refractivity contribution is 6.05. The number of hydrogen-bond acceptors (Lipinski definition) is 2. The van der Waals surface area contributed by atoms with Crippen LogP contribution in [0.5, 0.6) is 0 Å². The van der Waals surface area contributed by atoms with Gasteiger partial charge in [0.1, 0.15) is 0 Å². The SMILES string of the molecule is NC1CCc2cc3ccccc3cc2C1=O. The maximum atomic E-state index is 11.9. The van der Waals surface area contributed by atoms with Gasteiger partial charge < -0.3 is 5.73 Å². The van der Waals surface area contributed by atoms with Crippen LogP contribution in [0.15, 0.2) is 36.4 Å². The van der Waals surface area contributed by atoms with Gasteiger partial charge in [-0.1, -0.05) is 30.3 Å². The van der Waals surface area contributed by atoms with Gasteiger partial charge in [-0.3, -0.25) is 4.79 Å². The molecule has 0 spiro atoms. The fraction of sp³-hybridized carbons (Fsp3) is 0.214. The quantitative estimate of drug-likeness (QED) is 0.726. The Balaban J connectivity index is 2.27. The zero-order valence-corrected chi connectivity index (χ0v) is 8.94. The maximum Gasteiger partial charge on any atom is 0.179 e. The molecule has 2 aromatic carbocycles. The van der Waals surface area contributed by atoms with Crippen molar-refractivity contribution in [2.45, 2.75) is 18.9 Å². The van der Waals surface area contributed by atoms with Crippen molar-refractivity contribution in [2.75, 3.05) is 0 Å². The fourth-order valence-corrected chi connectivity index (χ4v) is 2.37. The lowest BCUT2D eigenvalue weighted by Crippen LogP contribution is -2.35. The van der Waals surface area contributed by atoms with E-state index in [2.05, 4.69) is 12.1 Å². The molecule has 0 saturated heterocycles. The third-order valence-corrected chi connectivity index (χ3v) is 3.30. The molecule has 2 nitrogen and oxygen atoms in total. The van der Waals surface area contributed by atoms with Gasteiger partial charge in [-0.15, -0.1) is 0 Å². The summed E-state index contributed by atoms with van der Waals surface area (Å²) in [4.78, 5) is 11.9. The van der Waals surface area contributed by atoms with Gasteiger partial charge in [0.05, 0.1) is 6.04 Å². The summed E-state index contributed by atoms with van der Waals surface area (Å²) in [6, 6.07) is 11.9. The van der Waals surface area contributed by atoms with E-state index in [1.807, 2.05) is 24.3 Å². The predicted octanol–water partition coefficient (Wildman–Crippen LogP) is 2.30. The molecule has 0 heterocycles. The van der Waals surface area contributed by atoms with E-state index >= 15 is 0 Å². The summed E-state index contributed by atoms with van der Waals surface area (Å²) in [6.07, 6.45) is 1.68. The second-order valence-corrected chi connectivity index (χ2v) is 4.37. The van der Waals surface area contributed by atoms with Crippen LogP contribution in [0.1, 0.15) is 22.3 Å². The molecule has 0 saturated carbocycles. The lowest BCUT2D eigenvalue weighted by atomic mass is 9.86. The number of ketones is 1. The highest BCUT2D eigenvalue weighted by atomic mass is 16.1. The topological polar surface area (TPSA) is 43.1 Å². The number of Topliss-reactive ketones (excluding diaryl/α,β-unsaturated/α-hetero) is 1. The molecule has 2 N–H and O–H groups in total. The Kier molecular flexibility index (Phi) is 2.04. The monoisotopic (exact) mass is 211 g/mol. The molecule has 0 aromatic heterocycles. The minimum absolute atomic E-state index is 0.0898. The van der Waals surface area contributed by atoms with Crippen molar-refractivity contribution in [1.82, 2.24) is 0 Å². The van der Waals surface area contributed by atoms with E-state index in [1.165, 1.54) is 5.39 Å². The molecule has 2 heteroatoms. The summed E-state index contributed by atoms with van der Waals surface area (Å²) >= 11 is 0. The predicted molar refractivity (Wildman–Crippen MR) is 64.6 cm³/mol. The molecule has 0 bridgehead atoms. The lowest BCUT2D eigenvalue weighted by Gasteiger charge is -2.20. The van der Waals surface area contributed by atoms with Gasteiger partial charge in [0, 0.05) is 5.56 Å². The number of benzene rings is 2. The zero-order chi connectivity index (χ0) is 11.1. The molecule has 1 aliphatic carbocycles. The average Bonchev–Trinajstić information content (AvgIpc) is 2.32. The number of aryl methyl sites for hydroxylation is 1. The summed E-state index contributed by atoms with van der Waals surface area (Å²) < 4.78 is 0. The van der Waals surface area contributed by atoms with E-state index in [-0.39, 0.29) is 11.8 Å². The first-order valence-corrected chi connectivity index (χ1v) is 5.57. The van der Waals surface area contributed by atoms with Crippen LogP contribution in [-0.4, -0.2) is 11.8 Å². The first kappa shape index (κ1) is 9.55. The van der Waals surface area contributed by atoms with E-state index in [0.717, 1.165) is 29.4 Å². The minimum atomic E-state index is -0.311. The summed E-state index contributed by atoms with van der Waals surface area (Å²) in [5.74, 6) is 0.0898. The number of rotatable bonds is 0. The third kappa shape index (κ3) is 1.34. The van der Waals surface area contributed by atoms with Crippen LogP contribution < -0.4 is 5.73 Å². The van der Waals surface area contributed by atoms with Gasteiger partial charge in [-0.05, 0) is 35.2 Å². The molecule has 3 rings (SSSR count). The Morgan fingerprint density at radius 2 is 1.81 bits per heavy atom. The van der Waals surface area contributed by atoms with E-state index in [0.29, 0.717) is 0 Å². The normalized spacial score (nSPS) is 19.8. The van der Waals surface area contributed by atoms with Gasteiger partial charge in [0.15, 0.2) is 5.78 Å². The third-order valence-electron chi connectivity index (χ3n) is 3.30. The molecule has 0 amide bonds. The molecule has 2 aromatic rings. The first-order valence-electron chi connectivity index (χ1n) is 5.57. The highest BCUT2D eigenvalue weighted by Crippen LogP contribution is 2.26. The first-order chi connectivity index (χ1) is 7.75. The Bertz CT molecular complexity index is 574. The van der Waals surface area contributed by atoms with Crippen LogP contribution in [0, 0.1) is 0 Å². The summed E-state index contributed by atoms with van der Waals surface area (Å²) in [5.41, 5.74) is 7.75. The second kappa shape index (κ2) is 3.42. The van der Waals surface area contributed by atoms with Crippen molar-refractivity contribution in [3.63, 3.8) is 0 Å². The van der Waals surface area contributed by atoms with E-state index < -0.39 is 0 Å². The van der Waals surface area contributed by atoms with Gasteiger partial charge in [0.2, 0.25) is 0 Å². The molecule has 0 fully saturated rings. The Labute approximate surface area is 94.1 Å². The van der Waals surface area contributed by atoms with E-state index in [9.17, 15) is 4.79 Å².